The third-order valence-corrected chi connectivity index (χ3v) is 5.06. The summed E-state index contributed by atoms with van der Waals surface area (Å²) in [5.41, 5.74) is 0.564. The maximum absolute atomic E-state index is 12.8. The first kappa shape index (κ1) is 24.3. The van der Waals surface area contributed by atoms with Crippen LogP contribution < -0.4 is 21.3 Å². The van der Waals surface area contributed by atoms with Crippen LogP contribution in [0.15, 0.2) is 12.5 Å². The number of nitrogens with zero attached hydrogens (tertiary/aromatic N) is 1. The van der Waals surface area contributed by atoms with E-state index in [4.69, 9.17) is 0 Å². The maximum Gasteiger partial charge on any atom is 0.326 e. The maximum atomic E-state index is 12.8. The van der Waals surface area contributed by atoms with Gasteiger partial charge in [0.25, 0.3) is 0 Å². The van der Waals surface area contributed by atoms with E-state index in [2.05, 4.69) is 31.2 Å². The number of imidazole rings is 1. The lowest BCUT2D eigenvalue weighted by molar-refractivity contribution is -0.142. The molecule has 0 saturated carbocycles. The number of carboxylic acid groups (broad SMARTS) is 1. The predicted octanol–water partition coefficient (Wildman–Crippen LogP) is -0.691. The average Bonchev–Trinajstić information content (AvgIpc) is 3.40. The molecule has 4 atom stereocenters. The number of aromatic nitrogens is 2. The van der Waals surface area contributed by atoms with E-state index in [0.29, 0.717) is 18.5 Å². The number of rotatable bonds is 11. The van der Waals surface area contributed by atoms with Gasteiger partial charge >= 0.3 is 5.97 Å². The molecule has 1 fully saturated rings. The first-order valence-corrected chi connectivity index (χ1v) is 10.5. The van der Waals surface area contributed by atoms with Crippen molar-refractivity contribution in [2.45, 2.75) is 70.6 Å². The number of carbonyl (C=O) groups excluding carboxylic acids is 3. The topological polar surface area (TPSA) is 165 Å². The molecular weight excluding hydrogens is 404 g/mol. The van der Waals surface area contributed by atoms with Gasteiger partial charge in [0, 0.05) is 18.3 Å². The number of amides is 3. The average molecular weight is 437 g/mol. The van der Waals surface area contributed by atoms with Gasteiger partial charge in [-0.25, -0.2) is 9.78 Å². The zero-order valence-corrected chi connectivity index (χ0v) is 18.1. The van der Waals surface area contributed by atoms with E-state index in [1.807, 2.05) is 13.8 Å². The SMILES string of the molecule is CC(C)CC(NC(=O)C(C)NC(=O)C1CCCN1)C(=O)NC(Cc1cnc[nH]1)C(=O)O. The molecule has 6 N–H and O–H groups in total. The van der Waals surface area contributed by atoms with Gasteiger partial charge in [-0.15, -0.1) is 0 Å². The summed E-state index contributed by atoms with van der Waals surface area (Å²) in [6, 6.07) is -3.26. The van der Waals surface area contributed by atoms with Crippen molar-refractivity contribution >= 4 is 23.7 Å². The van der Waals surface area contributed by atoms with Crippen LogP contribution in [0.1, 0.15) is 45.7 Å². The van der Waals surface area contributed by atoms with Crippen LogP contribution in [0.4, 0.5) is 0 Å². The van der Waals surface area contributed by atoms with Crippen molar-refractivity contribution in [3.8, 4) is 0 Å². The zero-order chi connectivity index (χ0) is 23.0. The summed E-state index contributed by atoms with van der Waals surface area (Å²) in [6.45, 7) is 6.09. The minimum atomic E-state index is -1.19. The molecule has 1 aromatic rings. The van der Waals surface area contributed by atoms with E-state index < -0.39 is 35.9 Å². The number of aromatic amines is 1. The van der Waals surface area contributed by atoms with Crippen molar-refractivity contribution < 1.29 is 24.3 Å². The second-order valence-corrected chi connectivity index (χ2v) is 8.25. The minimum Gasteiger partial charge on any atom is -0.480 e. The molecule has 11 heteroatoms. The van der Waals surface area contributed by atoms with Crippen LogP contribution in [-0.2, 0) is 25.6 Å². The number of carbonyl (C=O) groups is 4. The lowest BCUT2D eigenvalue weighted by Gasteiger charge is -2.24. The number of H-pyrrole nitrogens is 1. The van der Waals surface area contributed by atoms with Gasteiger partial charge in [0.15, 0.2) is 0 Å². The fourth-order valence-electron chi connectivity index (χ4n) is 3.38. The Morgan fingerprint density at radius 3 is 2.39 bits per heavy atom. The van der Waals surface area contributed by atoms with Crippen molar-refractivity contribution in [2.75, 3.05) is 6.54 Å². The Morgan fingerprint density at radius 2 is 1.84 bits per heavy atom. The first-order valence-electron chi connectivity index (χ1n) is 10.5. The van der Waals surface area contributed by atoms with Crippen molar-refractivity contribution in [1.82, 2.24) is 31.2 Å². The summed E-state index contributed by atoms with van der Waals surface area (Å²) in [4.78, 5) is 55.9. The number of nitrogens with one attached hydrogen (secondary N) is 5. The predicted molar refractivity (Wildman–Crippen MR) is 112 cm³/mol. The zero-order valence-electron chi connectivity index (χ0n) is 18.1. The Labute approximate surface area is 181 Å². The largest absolute Gasteiger partial charge is 0.480 e. The smallest absolute Gasteiger partial charge is 0.326 e. The van der Waals surface area contributed by atoms with E-state index in [-0.39, 0.29) is 24.3 Å². The van der Waals surface area contributed by atoms with Gasteiger partial charge in [-0.2, -0.15) is 0 Å². The molecule has 1 aromatic heterocycles. The molecule has 1 saturated heterocycles. The van der Waals surface area contributed by atoms with Crippen LogP contribution in [0.2, 0.25) is 0 Å². The normalized spacial score (nSPS) is 18.8. The van der Waals surface area contributed by atoms with Gasteiger partial charge in [0.05, 0.1) is 12.4 Å². The molecule has 2 heterocycles. The van der Waals surface area contributed by atoms with E-state index in [1.165, 1.54) is 12.5 Å². The number of aliphatic carboxylic acids is 1. The van der Waals surface area contributed by atoms with Crippen LogP contribution in [-0.4, -0.2) is 69.5 Å². The van der Waals surface area contributed by atoms with Gasteiger partial charge in [0.1, 0.15) is 18.1 Å². The lowest BCUT2D eigenvalue weighted by Crippen LogP contribution is -2.56. The minimum absolute atomic E-state index is 0.0320. The molecule has 172 valence electrons. The van der Waals surface area contributed by atoms with Crippen LogP contribution in [0, 0.1) is 5.92 Å². The Bertz CT molecular complexity index is 760. The third-order valence-electron chi connectivity index (χ3n) is 5.06. The molecule has 11 nitrogen and oxygen atoms in total. The van der Waals surface area contributed by atoms with Crippen molar-refractivity contribution in [3.05, 3.63) is 18.2 Å². The molecule has 0 aliphatic carbocycles. The van der Waals surface area contributed by atoms with E-state index in [9.17, 15) is 24.3 Å². The van der Waals surface area contributed by atoms with Crippen LogP contribution >= 0.6 is 0 Å². The van der Waals surface area contributed by atoms with Gasteiger partial charge in [-0.3, -0.25) is 14.4 Å². The highest BCUT2D eigenvalue weighted by Crippen LogP contribution is 2.08. The molecule has 0 spiro atoms. The van der Waals surface area contributed by atoms with Crippen LogP contribution in [0.5, 0.6) is 0 Å². The van der Waals surface area contributed by atoms with E-state index in [1.54, 1.807) is 6.92 Å². The summed E-state index contributed by atoms with van der Waals surface area (Å²) in [5.74, 6) is -2.48. The summed E-state index contributed by atoms with van der Waals surface area (Å²) in [7, 11) is 0. The second-order valence-electron chi connectivity index (χ2n) is 8.25. The Morgan fingerprint density at radius 1 is 1.13 bits per heavy atom. The van der Waals surface area contributed by atoms with Crippen LogP contribution in [0.3, 0.4) is 0 Å². The number of carboxylic acids is 1. The van der Waals surface area contributed by atoms with Crippen molar-refractivity contribution in [3.63, 3.8) is 0 Å². The molecule has 2 rings (SSSR count). The lowest BCUT2D eigenvalue weighted by atomic mass is 10.0. The molecule has 31 heavy (non-hydrogen) atoms. The molecule has 3 amide bonds. The molecule has 1 aliphatic heterocycles. The highest BCUT2D eigenvalue weighted by atomic mass is 16.4. The molecular formula is C20H32N6O5. The highest BCUT2D eigenvalue weighted by molar-refractivity contribution is 5.94. The summed E-state index contributed by atoms with van der Waals surface area (Å²) in [6.07, 6.45) is 4.88. The standard InChI is InChI=1S/C20H32N6O5/c1-11(2)7-15(19(29)26-16(20(30)31)8-13-9-21-10-23-13)25-17(27)12(3)24-18(28)14-5-4-6-22-14/h9-12,14-16,22H,4-8H2,1-3H3,(H,21,23)(H,24,28)(H,25,27)(H,26,29)(H,30,31). The summed E-state index contributed by atoms with van der Waals surface area (Å²) >= 11 is 0. The Hall–Kier alpha value is -2.95. The van der Waals surface area contributed by atoms with Crippen molar-refractivity contribution in [2.24, 2.45) is 5.92 Å². The molecule has 0 radical (unpaired) electrons. The molecule has 4 unspecified atom stereocenters. The van der Waals surface area contributed by atoms with Gasteiger partial charge in [-0.1, -0.05) is 13.8 Å². The summed E-state index contributed by atoms with van der Waals surface area (Å²) in [5, 5.41) is 20.3. The fourth-order valence-corrected chi connectivity index (χ4v) is 3.38. The molecule has 0 aromatic carbocycles. The van der Waals surface area contributed by atoms with Crippen LogP contribution in [0.25, 0.3) is 0 Å². The highest BCUT2D eigenvalue weighted by Gasteiger charge is 2.30. The van der Waals surface area contributed by atoms with E-state index >= 15 is 0 Å². The molecule has 0 bridgehead atoms. The van der Waals surface area contributed by atoms with Gasteiger partial charge in [0.2, 0.25) is 17.7 Å². The summed E-state index contributed by atoms with van der Waals surface area (Å²) < 4.78 is 0. The molecule has 1 aliphatic rings. The monoisotopic (exact) mass is 436 g/mol. The third kappa shape index (κ3) is 7.67. The number of hydrogen-bond donors (Lipinski definition) is 6. The van der Waals surface area contributed by atoms with Crippen molar-refractivity contribution in [1.29, 1.82) is 0 Å². The van der Waals surface area contributed by atoms with Gasteiger partial charge < -0.3 is 31.4 Å². The first-order chi connectivity index (χ1) is 14.7. The van der Waals surface area contributed by atoms with E-state index in [0.717, 1.165) is 13.0 Å². The van der Waals surface area contributed by atoms with Gasteiger partial charge in [-0.05, 0) is 38.6 Å². The second kappa shape index (κ2) is 11.4. The Kier molecular flexibility index (Phi) is 8.98. The quantitative estimate of drug-likeness (QED) is 0.267. The number of hydrogen-bond acceptors (Lipinski definition) is 6. The Balaban J connectivity index is 1.98. The fraction of sp³-hybridized carbons (Fsp3) is 0.650.